The predicted molar refractivity (Wildman–Crippen MR) is 69.2 cm³/mol. The summed E-state index contributed by atoms with van der Waals surface area (Å²) in [5.74, 6) is 0.933. The number of ether oxygens (including phenoxy) is 1. The molecule has 1 aromatic carbocycles. The highest BCUT2D eigenvalue weighted by atomic mass is 16.5. The third-order valence-electron chi connectivity index (χ3n) is 3.06. The smallest absolute Gasteiger partial charge is 0.120 e. The lowest BCUT2D eigenvalue weighted by Gasteiger charge is -2.10. The van der Waals surface area contributed by atoms with E-state index in [0.717, 1.165) is 11.3 Å². The Labute approximate surface area is 102 Å². The van der Waals surface area contributed by atoms with Gasteiger partial charge in [0.25, 0.3) is 0 Å². The highest BCUT2D eigenvalue weighted by Gasteiger charge is 2.02. The third-order valence-corrected chi connectivity index (χ3v) is 3.06. The summed E-state index contributed by atoms with van der Waals surface area (Å²) in [6, 6.07) is 8.11. The van der Waals surface area contributed by atoms with Crippen LogP contribution in [-0.2, 0) is 6.61 Å². The van der Waals surface area contributed by atoms with Gasteiger partial charge in [-0.05, 0) is 67.3 Å². The first-order valence-corrected chi connectivity index (χ1v) is 5.76. The van der Waals surface area contributed by atoms with E-state index in [1.807, 2.05) is 12.1 Å². The predicted octanol–water partition coefficient (Wildman–Crippen LogP) is 3.59. The van der Waals surface area contributed by atoms with E-state index in [1.54, 1.807) is 12.4 Å². The summed E-state index contributed by atoms with van der Waals surface area (Å²) in [5.41, 5.74) is 5.02. The molecule has 0 fully saturated rings. The van der Waals surface area contributed by atoms with Crippen LogP contribution in [0.5, 0.6) is 5.75 Å². The average molecular weight is 227 g/mol. The molecule has 2 aromatic rings. The van der Waals surface area contributed by atoms with Crippen LogP contribution in [-0.4, -0.2) is 4.98 Å². The molecular weight excluding hydrogens is 210 g/mol. The second kappa shape index (κ2) is 5.00. The Morgan fingerprint density at radius 2 is 1.59 bits per heavy atom. The van der Waals surface area contributed by atoms with Crippen molar-refractivity contribution in [2.75, 3.05) is 0 Å². The molecule has 0 N–H and O–H groups in total. The van der Waals surface area contributed by atoms with Crippen LogP contribution in [0.3, 0.4) is 0 Å². The van der Waals surface area contributed by atoms with Crippen LogP contribution in [0, 0.1) is 20.8 Å². The van der Waals surface area contributed by atoms with Crippen LogP contribution in [0.4, 0.5) is 0 Å². The number of aryl methyl sites for hydroxylation is 2. The molecule has 2 rings (SSSR count). The summed E-state index contributed by atoms with van der Waals surface area (Å²) in [5, 5.41) is 0. The molecule has 88 valence electrons. The Morgan fingerprint density at radius 1 is 1.00 bits per heavy atom. The van der Waals surface area contributed by atoms with Gasteiger partial charge >= 0.3 is 0 Å². The molecular formula is C15H17NO. The van der Waals surface area contributed by atoms with E-state index in [0.29, 0.717) is 6.61 Å². The van der Waals surface area contributed by atoms with Gasteiger partial charge in [0.05, 0.1) is 0 Å². The average Bonchev–Trinajstić information content (AvgIpc) is 2.34. The maximum Gasteiger partial charge on any atom is 0.120 e. The van der Waals surface area contributed by atoms with Gasteiger partial charge in [0.15, 0.2) is 0 Å². The molecule has 0 radical (unpaired) electrons. The van der Waals surface area contributed by atoms with Crippen LogP contribution < -0.4 is 4.74 Å². The second-order valence-electron chi connectivity index (χ2n) is 4.33. The maximum atomic E-state index is 5.78. The lowest BCUT2D eigenvalue weighted by molar-refractivity contribution is 0.305. The first-order chi connectivity index (χ1) is 8.16. The second-order valence-corrected chi connectivity index (χ2v) is 4.33. The molecule has 0 unspecified atom stereocenters. The van der Waals surface area contributed by atoms with Crippen molar-refractivity contribution >= 4 is 0 Å². The van der Waals surface area contributed by atoms with Crippen molar-refractivity contribution in [1.29, 1.82) is 0 Å². The molecule has 0 atom stereocenters. The lowest BCUT2D eigenvalue weighted by atomic mass is 10.0. The summed E-state index contributed by atoms with van der Waals surface area (Å²) < 4.78 is 5.78. The summed E-state index contributed by atoms with van der Waals surface area (Å²) in [6.45, 7) is 6.95. The van der Waals surface area contributed by atoms with E-state index >= 15 is 0 Å². The van der Waals surface area contributed by atoms with Crippen molar-refractivity contribution in [3.63, 3.8) is 0 Å². The van der Waals surface area contributed by atoms with Crippen LogP contribution in [0.1, 0.15) is 22.3 Å². The molecule has 1 aromatic heterocycles. The van der Waals surface area contributed by atoms with E-state index < -0.39 is 0 Å². The van der Waals surface area contributed by atoms with Crippen molar-refractivity contribution in [2.24, 2.45) is 0 Å². The molecule has 0 amide bonds. The van der Waals surface area contributed by atoms with Gasteiger partial charge in [-0.15, -0.1) is 0 Å². The van der Waals surface area contributed by atoms with E-state index in [2.05, 4.69) is 37.9 Å². The van der Waals surface area contributed by atoms with E-state index in [1.165, 1.54) is 16.7 Å². The fraction of sp³-hybridized carbons (Fsp3) is 0.267. The first kappa shape index (κ1) is 11.6. The van der Waals surface area contributed by atoms with Crippen LogP contribution >= 0.6 is 0 Å². The van der Waals surface area contributed by atoms with Crippen LogP contribution in [0.2, 0.25) is 0 Å². The van der Waals surface area contributed by atoms with E-state index in [9.17, 15) is 0 Å². The lowest BCUT2D eigenvalue weighted by Crippen LogP contribution is -1.97. The Bertz CT molecular complexity index is 483. The molecule has 17 heavy (non-hydrogen) atoms. The number of rotatable bonds is 3. The van der Waals surface area contributed by atoms with Gasteiger partial charge in [0.1, 0.15) is 12.4 Å². The molecule has 0 saturated heterocycles. The largest absolute Gasteiger partial charge is 0.489 e. The molecule has 0 saturated carbocycles. The zero-order valence-corrected chi connectivity index (χ0v) is 10.5. The minimum atomic E-state index is 0.588. The van der Waals surface area contributed by atoms with Crippen molar-refractivity contribution in [3.8, 4) is 5.75 Å². The van der Waals surface area contributed by atoms with Gasteiger partial charge in [0.2, 0.25) is 0 Å². The van der Waals surface area contributed by atoms with E-state index in [4.69, 9.17) is 4.74 Å². The summed E-state index contributed by atoms with van der Waals surface area (Å²) in [7, 11) is 0. The number of benzene rings is 1. The normalized spacial score (nSPS) is 10.3. The SMILES string of the molecule is Cc1cc(OCc2ccncc2)cc(C)c1C. The fourth-order valence-corrected chi connectivity index (χ4v) is 1.72. The summed E-state index contributed by atoms with van der Waals surface area (Å²) >= 11 is 0. The number of aromatic nitrogens is 1. The molecule has 0 aliphatic carbocycles. The van der Waals surface area contributed by atoms with Gasteiger partial charge < -0.3 is 4.74 Å². The quantitative estimate of drug-likeness (QED) is 0.799. The monoisotopic (exact) mass is 227 g/mol. The van der Waals surface area contributed by atoms with Crippen molar-refractivity contribution in [1.82, 2.24) is 4.98 Å². The fourth-order valence-electron chi connectivity index (χ4n) is 1.72. The number of hydrogen-bond acceptors (Lipinski definition) is 2. The highest BCUT2D eigenvalue weighted by molar-refractivity contribution is 5.40. The van der Waals surface area contributed by atoms with Gasteiger partial charge in [-0.2, -0.15) is 0 Å². The van der Waals surface area contributed by atoms with Crippen molar-refractivity contribution in [2.45, 2.75) is 27.4 Å². The number of hydrogen-bond donors (Lipinski definition) is 0. The maximum absolute atomic E-state index is 5.78. The topological polar surface area (TPSA) is 22.1 Å². The molecule has 0 spiro atoms. The zero-order valence-electron chi connectivity index (χ0n) is 10.5. The standard InChI is InChI=1S/C15H17NO/c1-11-8-15(9-12(2)13(11)3)17-10-14-4-6-16-7-5-14/h4-9H,10H2,1-3H3. The molecule has 2 nitrogen and oxygen atoms in total. The van der Waals surface area contributed by atoms with Crippen molar-refractivity contribution < 1.29 is 4.74 Å². The van der Waals surface area contributed by atoms with Crippen molar-refractivity contribution in [3.05, 3.63) is 58.9 Å². The molecule has 1 heterocycles. The van der Waals surface area contributed by atoms with Gasteiger partial charge in [-0.25, -0.2) is 0 Å². The number of nitrogens with zero attached hydrogens (tertiary/aromatic N) is 1. The Balaban J connectivity index is 2.10. The van der Waals surface area contributed by atoms with E-state index in [-0.39, 0.29) is 0 Å². The molecule has 2 heteroatoms. The van der Waals surface area contributed by atoms with Gasteiger partial charge in [-0.3, -0.25) is 4.98 Å². The zero-order chi connectivity index (χ0) is 12.3. The highest BCUT2D eigenvalue weighted by Crippen LogP contribution is 2.21. The number of pyridine rings is 1. The van der Waals surface area contributed by atoms with Gasteiger partial charge in [-0.1, -0.05) is 0 Å². The summed E-state index contributed by atoms with van der Waals surface area (Å²) in [4.78, 5) is 3.98. The summed E-state index contributed by atoms with van der Waals surface area (Å²) in [6.07, 6.45) is 3.56. The first-order valence-electron chi connectivity index (χ1n) is 5.76. The van der Waals surface area contributed by atoms with Crippen LogP contribution in [0.15, 0.2) is 36.7 Å². The Morgan fingerprint density at radius 3 is 2.18 bits per heavy atom. The minimum Gasteiger partial charge on any atom is -0.489 e. The molecule has 0 bridgehead atoms. The van der Waals surface area contributed by atoms with Crippen LogP contribution in [0.25, 0.3) is 0 Å². The minimum absolute atomic E-state index is 0.588. The Kier molecular flexibility index (Phi) is 3.43. The third kappa shape index (κ3) is 2.84. The molecule has 0 aliphatic heterocycles. The Hall–Kier alpha value is -1.83. The molecule has 0 aliphatic rings. The van der Waals surface area contributed by atoms with Gasteiger partial charge in [0, 0.05) is 12.4 Å².